The van der Waals surface area contributed by atoms with Crippen LogP contribution in [0.4, 0.5) is 11.4 Å². The zero-order valence-corrected chi connectivity index (χ0v) is 54.4. The SMILES string of the molecule is C[C@H]1Oc2ccc(C#CCOCCOCCOCCOCCOCC#CC#CCOCCOCCOCCOCCOCC#Cc3ccc4c(c3)N(C)C(=O)[C@H](NC(=O)c3ncn(Cc5ccccc5)n3)[C@@H](C)O4)cc2N(C)C(=O)[C@@H]1NC(=O)c1ncn(Cc2ccccc2)n1. The molecule has 0 aliphatic carbocycles. The van der Waals surface area contributed by atoms with Crippen LogP contribution in [0.3, 0.4) is 0 Å². The van der Waals surface area contributed by atoms with E-state index in [1.54, 1.807) is 73.7 Å². The maximum Gasteiger partial charge on any atom is 0.291 e. The molecule has 0 radical (unpaired) electrons. The van der Waals surface area contributed by atoms with E-state index in [1.165, 1.54) is 22.5 Å². The first-order valence-electron chi connectivity index (χ1n) is 31.4. The van der Waals surface area contributed by atoms with Crippen molar-refractivity contribution >= 4 is 35.0 Å². The number of hydrogen-bond acceptors (Lipinski definition) is 20. The Morgan fingerprint density at radius 3 is 1.11 bits per heavy atom. The molecule has 4 aromatic carbocycles. The number of ether oxygens (including phenoxy) is 12. The van der Waals surface area contributed by atoms with Crippen LogP contribution in [-0.4, -0.2) is 224 Å². The van der Waals surface area contributed by atoms with Crippen LogP contribution < -0.4 is 29.9 Å². The van der Waals surface area contributed by atoms with Crippen molar-refractivity contribution in [2.45, 2.75) is 51.2 Å². The smallest absolute Gasteiger partial charge is 0.291 e. The lowest BCUT2D eigenvalue weighted by Crippen LogP contribution is -2.53. The Kier molecular flexibility index (Phi) is 30.6. The first kappa shape index (κ1) is 72.3. The van der Waals surface area contributed by atoms with Crippen LogP contribution >= 0.6 is 0 Å². The van der Waals surface area contributed by atoms with Crippen LogP contribution in [0.15, 0.2) is 110 Å². The van der Waals surface area contributed by atoms with Crippen molar-refractivity contribution in [2.75, 3.05) is 156 Å². The van der Waals surface area contributed by atoms with E-state index in [0.29, 0.717) is 153 Å². The predicted molar refractivity (Wildman–Crippen MR) is 351 cm³/mol. The summed E-state index contributed by atoms with van der Waals surface area (Å²) >= 11 is 0. The summed E-state index contributed by atoms with van der Waals surface area (Å²) in [5, 5.41) is 14.1. The van der Waals surface area contributed by atoms with E-state index < -0.39 is 36.1 Å². The summed E-state index contributed by atoms with van der Waals surface area (Å²) in [7, 11) is 3.25. The molecule has 26 nitrogen and oxygen atoms in total. The number of nitrogens with one attached hydrogen (secondary N) is 2. The summed E-state index contributed by atoms with van der Waals surface area (Å²) in [6, 6.07) is 28.0. The number of rotatable bonds is 36. The van der Waals surface area contributed by atoms with Crippen LogP contribution in [0.2, 0.25) is 0 Å². The minimum Gasteiger partial charge on any atom is -0.486 e. The Morgan fingerprint density at radius 1 is 0.448 bits per heavy atom. The van der Waals surface area contributed by atoms with Gasteiger partial charge < -0.3 is 77.3 Å². The van der Waals surface area contributed by atoms with Crippen LogP contribution in [0, 0.1) is 47.4 Å². The van der Waals surface area contributed by atoms with E-state index in [9.17, 15) is 19.2 Å². The molecule has 26 heteroatoms. The van der Waals surface area contributed by atoms with Gasteiger partial charge in [-0.15, -0.1) is 10.2 Å². The number of carbonyl (C=O) groups excluding carboxylic acids is 4. The molecule has 0 unspecified atom stereocenters. The van der Waals surface area contributed by atoms with Crippen molar-refractivity contribution < 1.29 is 76.0 Å². The van der Waals surface area contributed by atoms with Gasteiger partial charge in [-0.05, 0) is 73.2 Å². The number of aromatic nitrogens is 6. The maximum atomic E-state index is 13.6. The molecular weight excluding hydrogens is 1240 g/mol. The maximum absolute atomic E-state index is 13.6. The monoisotopic (exact) mass is 1320 g/mol. The standard InChI is InChI=1S/C70H80N10O16/c1-53-63(73-67(81)65-71-51-79(75-65)49-57-17-9-7-10-18-57)69(83)77(3)59-47-55(23-25-61(59)95-53)21-15-29-87-33-37-91-41-45-93-43-39-89-35-31-85-27-13-5-6-14-28-86-32-36-90-40-44-94-46-42-92-38-34-88-30-16-22-56-24-26-62-60(48-56)78(4)70(84)64(54(2)96-62)74-68(82)66-72-52-80(76-66)50-58-19-11-8-12-20-58/h7-12,17-20,23-26,47-48,51-54,63-64H,27-46,49-50H2,1-4H3,(H,73,81)(H,74,82)/t53-,54-,63-,64-/m1/s1. The van der Waals surface area contributed by atoms with Crippen LogP contribution in [0.25, 0.3) is 0 Å². The summed E-state index contributed by atoms with van der Waals surface area (Å²) in [6.45, 7) is 11.5. The fourth-order valence-electron chi connectivity index (χ4n) is 9.25. The Hall–Kier alpha value is -9.52. The lowest BCUT2D eigenvalue weighted by Gasteiger charge is -2.23. The number of hydrogen-bond donors (Lipinski definition) is 2. The molecule has 0 spiro atoms. The number of carbonyl (C=O) groups is 4. The first-order chi connectivity index (χ1) is 47.0. The van der Waals surface area contributed by atoms with Gasteiger partial charge in [0, 0.05) is 25.2 Å². The second-order valence-corrected chi connectivity index (χ2v) is 21.3. The summed E-state index contributed by atoms with van der Waals surface area (Å²) in [5.41, 5.74) is 4.39. The molecule has 0 saturated heterocycles. The number of amides is 4. The fraction of sp³-hybridized carbons (Fsp3) is 0.429. The van der Waals surface area contributed by atoms with Crippen LogP contribution in [0.5, 0.6) is 11.5 Å². The van der Waals surface area contributed by atoms with Gasteiger partial charge in [0.1, 0.15) is 74.9 Å². The van der Waals surface area contributed by atoms with Gasteiger partial charge in [0.05, 0.1) is 130 Å². The van der Waals surface area contributed by atoms with Gasteiger partial charge >= 0.3 is 0 Å². The third-order valence-corrected chi connectivity index (χ3v) is 14.2. The highest BCUT2D eigenvalue weighted by molar-refractivity contribution is 6.04. The number of anilines is 2. The third-order valence-electron chi connectivity index (χ3n) is 14.2. The first-order valence-corrected chi connectivity index (χ1v) is 31.4. The second kappa shape index (κ2) is 40.7. The van der Waals surface area contributed by atoms with E-state index in [0.717, 1.165) is 11.1 Å². The normalized spacial score (nSPS) is 15.5. The quantitative estimate of drug-likeness (QED) is 0.0420. The molecular formula is C70H80N10O16. The topological polar surface area (TPSA) is 271 Å². The molecule has 8 rings (SSSR count). The van der Waals surface area contributed by atoms with Gasteiger partial charge in [0.15, 0.2) is 0 Å². The Bertz CT molecular complexity index is 3450. The van der Waals surface area contributed by atoms with Crippen LogP contribution in [0.1, 0.15) is 57.3 Å². The van der Waals surface area contributed by atoms with Gasteiger partial charge in [0.25, 0.3) is 23.6 Å². The minimum atomic E-state index is -0.985. The molecule has 4 heterocycles. The molecule has 0 bridgehead atoms. The van der Waals surface area contributed by atoms with Gasteiger partial charge in [-0.3, -0.25) is 19.2 Å². The second-order valence-electron chi connectivity index (χ2n) is 21.3. The van der Waals surface area contributed by atoms with E-state index in [1.807, 2.05) is 60.7 Å². The Morgan fingerprint density at radius 2 is 0.771 bits per heavy atom. The summed E-state index contributed by atoms with van der Waals surface area (Å²) in [5.74, 6) is 22.2. The lowest BCUT2D eigenvalue weighted by atomic mass is 10.1. The zero-order chi connectivity index (χ0) is 67.4. The molecule has 96 heavy (non-hydrogen) atoms. The molecule has 6 aromatic rings. The van der Waals surface area contributed by atoms with Gasteiger partial charge in [-0.1, -0.05) is 96.2 Å². The number of benzene rings is 4. The van der Waals surface area contributed by atoms with E-state index in [2.05, 4.69) is 78.2 Å². The highest BCUT2D eigenvalue weighted by atomic mass is 16.6. The highest BCUT2D eigenvalue weighted by Crippen LogP contribution is 2.35. The zero-order valence-electron chi connectivity index (χ0n) is 54.4. The van der Waals surface area contributed by atoms with Gasteiger partial charge in [-0.2, -0.15) is 0 Å². The van der Waals surface area contributed by atoms with Crippen molar-refractivity contribution in [3.8, 4) is 58.9 Å². The molecule has 2 aliphatic heterocycles. The predicted octanol–water partition coefficient (Wildman–Crippen LogP) is 3.63. The van der Waals surface area contributed by atoms with Crippen LogP contribution in [-0.2, 0) is 70.0 Å². The Labute approximate surface area is 558 Å². The number of fused-ring (bicyclic) bond motifs is 2. The molecule has 2 aliphatic rings. The molecule has 4 amide bonds. The third kappa shape index (κ3) is 24.4. The van der Waals surface area contributed by atoms with E-state index >= 15 is 0 Å². The molecule has 4 atom stereocenters. The van der Waals surface area contributed by atoms with Crippen molar-refractivity contribution in [3.63, 3.8) is 0 Å². The van der Waals surface area contributed by atoms with Crippen molar-refractivity contribution in [1.82, 2.24) is 40.2 Å². The van der Waals surface area contributed by atoms with E-state index in [-0.39, 0.29) is 49.9 Å². The van der Waals surface area contributed by atoms with Gasteiger partial charge in [0.2, 0.25) is 11.6 Å². The average Bonchev–Trinajstić information content (AvgIpc) is 1.68. The summed E-state index contributed by atoms with van der Waals surface area (Å²) in [4.78, 5) is 64.7. The Balaban J connectivity index is 0.542. The molecule has 0 saturated carbocycles. The fourth-order valence-corrected chi connectivity index (χ4v) is 9.25. The molecule has 2 N–H and O–H groups in total. The van der Waals surface area contributed by atoms with E-state index in [4.69, 9.17) is 56.8 Å². The van der Waals surface area contributed by atoms with Crippen molar-refractivity contribution in [2.24, 2.45) is 0 Å². The minimum absolute atomic E-state index is 0.0473. The molecule has 506 valence electrons. The van der Waals surface area contributed by atoms with Gasteiger partial charge in [-0.25, -0.2) is 19.3 Å². The summed E-state index contributed by atoms with van der Waals surface area (Å²) in [6.07, 6.45) is 1.61. The highest BCUT2D eigenvalue weighted by Gasteiger charge is 2.38. The lowest BCUT2D eigenvalue weighted by molar-refractivity contribution is -0.122. The number of nitrogens with zero attached hydrogens (tertiary/aromatic N) is 8. The largest absolute Gasteiger partial charge is 0.486 e. The van der Waals surface area contributed by atoms with Crippen molar-refractivity contribution in [1.29, 1.82) is 0 Å². The summed E-state index contributed by atoms with van der Waals surface area (Å²) < 4.78 is 70.8. The number of likely N-dealkylation sites (N-methyl/N-ethyl adjacent to an activating group) is 2. The van der Waals surface area contributed by atoms with Crippen molar-refractivity contribution in [3.05, 3.63) is 144 Å². The molecule has 0 fully saturated rings. The average molecular weight is 1320 g/mol. The molecule has 2 aromatic heterocycles.